The van der Waals surface area contributed by atoms with Crippen LogP contribution in [0.4, 0.5) is 0 Å². The topological polar surface area (TPSA) is 23.6 Å². The molecule has 3 nitrogen and oxygen atoms in total. The van der Waals surface area contributed by atoms with Gasteiger partial charge in [-0.25, -0.2) is 0 Å². The first kappa shape index (κ1) is 32.2. The van der Waals surface area contributed by atoms with Crippen molar-refractivity contribution in [3.63, 3.8) is 0 Å². The number of nitrogens with zero attached hydrogens (tertiary/aromatic N) is 2. The second-order valence-corrected chi connectivity index (χ2v) is 11.5. The summed E-state index contributed by atoms with van der Waals surface area (Å²) < 4.78 is 0. The lowest BCUT2D eigenvalue weighted by molar-refractivity contribution is -0.129. The zero-order chi connectivity index (χ0) is 26.9. The fourth-order valence-electron chi connectivity index (χ4n) is 4.80. The zero-order valence-corrected chi connectivity index (χ0v) is 25.0. The van der Waals surface area contributed by atoms with E-state index >= 15 is 0 Å². The number of likely N-dealkylation sites (N-methyl/N-ethyl adjacent to an activating group) is 1. The lowest BCUT2D eigenvalue weighted by Crippen LogP contribution is -2.47. The van der Waals surface area contributed by atoms with Crippen LogP contribution in [0.15, 0.2) is 58.2 Å². The molecule has 0 aliphatic carbocycles. The molecule has 36 heavy (non-hydrogen) atoms. The highest BCUT2D eigenvalue weighted by molar-refractivity contribution is 5.88. The fraction of sp³-hybridized carbons (Fsp3) is 0.667. The van der Waals surface area contributed by atoms with Gasteiger partial charge in [-0.2, -0.15) is 0 Å². The first-order chi connectivity index (χ1) is 17.1. The molecule has 0 saturated carbocycles. The lowest BCUT2D eigenvalue weighted by atomic mass is 10.0. The molecule has 204 valence electrons. The van der Waals surface area contributed by atoms with E-state index in [1.807, 2.05) is 6.08 Å². The molecule has 1 aliphatic rings. The predicted molar refractivity (Wildman–Crippen MR) is 159 cm³/mol. The zero-order valence-electron chi connectivity index (χ0n) is 25.0. The van der Waals surface area contributed by atoms with Crippen LogP contribution in [0, 0.1) is 0 Å². The molecule has 0 spiro atoms. The van der Waals surface area contributed by atoms with Crippen LogP contribution in [0.5, 0.6) is 0 Å². The van der Waals surface area contributed by atoms with Gasteiger partial charge < -0.3 is 9.80 Å². The predicted octanol–water partition coefficient (Wildman–Crippen LogP) is 8.80. The van der Waals surface area contributed by atoms with E-state index in [-0.39, 0.29) is 5.91 Å². The van der Waals surface area contributed by atoms with E-state index in [9.17, 15) is 4.79 Å². The van der Waals surface area contributed by atoms with Crippen molar-refractivity contribution in [1.29, 1.82) is 0 Å². The Bertz CT molecular complexity index is 806. The van der Waals surface area contributed by atoms with Crippen molar-refractivity contribution >= 4 is 5.91 Å². The quantitative estimate of drug-likeness (QED) is 0.167. The minimum atomic E-state index is 0.207. The summed E-state index contributed by atoms with van der Waals surface area (Å²) in [4.78, 5) is 17.2. The van der Waals surface area contributed by atoms with Crippen LogP contribution in [0.1, 0.15) is 112 Å². The van der Waals surface area contributed by atoms with Gasteiger partial charge in [-0.15, -0.1) is 0 Å². The standard InChI is InChI=1S/C33H56N2O/c1-27(2)15-11-16-28(3)17-12-18-29(4)19-13-20-30(5)21-14-22-31(6)25-33(36)35-24-10-9-23-32(35)26-34(7)8/h15,17,19,21,25,32H,9-14,16,18,20,22-24,26H2,1-8H3. The summed E-state index contributed by atoms with van der Waals surface area (Å²) in [5.74, 6) is 0.207. The third-order valence-corrected chi connectivity index (χ3v) is 7.04. The van der Waals surface area contributed by atoms with Crippen molar-refractivity contribution in [2.24, 2.45) is 0 Å². The molecule has 0 bridgehead atoms. The van der Waals surface area contributed by atoms with Gasteiger partial charge in [0.05, 0.1) is 0 Å². The molecular formula is C33H56N2O. The van der Waals surface area contributed by atoms with E-state index in [1.165, 1.54) is 40.7 Å². The monoisotopic (exact) mass is 496 g/mol. The number of amides is 1. The van der Waals surface area contributed by atoms with Crippen molar-refractivity contribution in [3.05, 3.63) is 58.2 Å². The number of carbonyl (C=O) groups is 1. The van der Waals surface area contributed by atoms with Gasteiger partial charge in [0.2, 0.25) is 5.91 Å². The van der Waals surface area contributed by atoms with Crippen LogP contribution >= 0.6 is 0 Å². The van der Waals surface area contributed by atoms with Crippen LogP contribution in [-0.4, -0.2) is 48.9 Å². The molecule has 0 aromatic heterocycles. The van der Waals surface area contributed by atoms with Gasteiger partial charge in [-0.1, -0.05) is 52.2 Å². The molecule has 1 unspecified atom stereocenters. The van der Waals surface area contributed by atoms with E-state index in [1.54, 1.807) is 0 Å². The fourth-order valence-corrected chi connectivity index (χ4v) is 4.80. The molecule has 3 heteroatoms. The van der Waals surface area contributed by atoms with E-state index in [2.05, 4.69) is 89.7 Å². The maximum Gasteiger partial charge on any atom is 0.246 e. The number of hydrogen-bond donors (Lipinski definition) is 0. The Morgan fingerprint density at radius 3 is 1.67 bits per heavy atom. The summed E-state index contributed by atoms with van der Waals surface area (Å²) >= 11 is 0. The van der Waals surface area contributed by atoms with Crippen LogP contribution in [0.3, 0.4) is 0 Å². The molecule has 1 fully saturated rings. The van der Waals surface area contributed by atoms with E-state index in [0.717, 1.165) is 70.9 Å². The number of likely N-dealkylation sites (tertiary alicyclic amines) is 1. The van der Waals surface area contributed by atoms with E-state index < -0.39 is 0 Å². The van der Waals surface area contributed by atoms with E-state index in [4.69, 9.17) is 0 Å². The molecule has 1 heterocycles. The maximum atomic E-state index is 12.9. The Kier molecular flexibility index (Phi) is 16.4. The number of rotatable bonds is 15. The molecule has 1 atom stereocenters. The molecule has 0 aromatic rings. The van der Waals surface area contributed by atoms with Crippen molar-refractivity contribution in [2.75, 3.05) is 27.2 Å². The minimum Gasteiger partial charge on any atom is -0.335 e. The molecule has 1 rings (SSSR count). The first-order valence-corrected chi connectivity index (χ1v) is 14.3. The SMILES string of the molecule is CC(C)=CCCC(C)=CCCC(C)=CCCC(C)=CCCC(C)=CC(=O)N1CCCCC1CN(C)C. The molecule has 1 saturated heterocycles. The summed E-state index contributed by atoms with van der Waals surface area (Å²) in [7, 11) is 4.19. The molecule has 0 N–H and O–H groups in total. The smallest absolute Gasteiger partial charge is 0.246 e. The Morgan fingerprint density at radius 1 is 0.722 bits per heavy atom. The second-order valence-electron chi connectivity index (χ2n) is 11.5. The number of carbonyl (C=O) groups excluding carboxylic acids is 1. The normalized spacial score (nSPS) is 18.1. The van der Waals surface area contributed by atoms with Gasteiger partial charge in [0, 0.05) is 25.2 Å². The molecular weight excluding hydrogens is 440 g/mol. The highest BCUT2D eigenvalue weighted by atomic mass is 16.2. The number of piperidine rings is 1. The van der Waals surface area contributed by atoms with Gasteiger partial charge >= 0.3 is 0 Å². The largest absolute Gasteiger partial charge is 0.335 e. The summed E-state index contributed by atoms with van der Waals surface area (Å²) in [6.45, 7) is 15.1. The molecule has 1 aliphatic heterocycles. The summed E-state index contributed by atoms with van der Waals surface area (Å²) in [5.41, 5.74) is 7.07. The summed E-state index contributed by atoms with van der Waals surface area (Å²) in [6.07, 6.45) is 23.8. The van der Waals surface area contributed by atoms with Crippen LogP contribution in [0.25, 0.3) is 0 Å². The van der Waals surface area contributed by atoms with Crippen molar-refractivity contribution in [3.8, 4) is 0 Å². The van der Waals surface area contributed by atoms with Crippen LogP contribution in [0.2, 0.25) is 0 Å². The summed E-state index contributed by atoms with van der Waals surface area (Å²) in [5, 5.41) is 0. The maximum absolute atomic E-state index is 12.9. The van der Waals surface area contributed by atoms with Crippen LogP contribution in [-0.2, 0) is 4.79 Å². The third-order valence-electron chi connectivity index (χ3n) is 7.04. The second kappa shape index (κ2) is 18.4. The number of allylic oxidation sites excluding steroid dienone is 9. The van der Waals surface area contributed by atoms with Gasteiger partial charge in [-0.05, 0) is 126 Å². The third kappa shape index (κ3) is 15.3. The molecule has 0 aromatic carbocycles. The van der Waals surface area contributed by atoms with Crippen molar-refractivity contribution in [1.82, 2.24) is 9.80 Å². The number of hydrogen-bond acceptors (Lipinski definition) is 2. The van der Waals surface area contributed by atoms with Gasteiger partial charge in [0.15, 0.2) is 0 Å². The van der Waals surface area contributed by atoms with Gasteiger partial charge in [-0.3, -0.25) is 4.79 Å². The van der Waals surface area contributed by atoms with Crippen LogP contribution < -0.4 is 0 Å². The average molecular weight is 497 g/mol. The first-order valence-electron chi connectivity index (χ1n) is 14.3. The molecule has 1 amide bonds. The van der Waals surface area contributed by atoms with E-state index in [0.29, 0.717) is 6.04 Å². The average Bonchev–Trinajstić information content (AvgIpc) is 2.78. The molecule has 0 radical (unpaired) electrons. The van der Waals surface area contributed by atoms with Crippen molar-refractivity contribution in [2.45, 2.75) is 118 Å². The highest BCUT2D eigenvalue weighted by Gasteiger charge is 2.25. The Balaban J connectivity index is 2.36. The van der Waals surface area contributed by atoms with Crippen molar-refractivity contribution < 1.29 is 4.79 Å². The lowest BCUT2D eigenvalue weighted by Gasteiger charge is -2.36. The Labute approximate surface area is 224 Å². The Morgan fingerprint density at radius 2 is 1.19 bits per heavy atom. The van der Waals surface area contributed by atoms with Gasteiger partial charge in [0.1, 0.15) is 0 Å². The minimum absolute atomic E-state index is 0.207. The van der Waals surface area contributed by atoms with Gasteiger partial charge in [0.25, 0.3) is 0 Å². The summed E-state index contributed by atoms with van der Waals surface area (Å²) in [6, 6.07) is 0.358. The highest BCUT2D eigenvalue weighted by Crippen LogP contribution is 2.19. The Hall–Kier alpha value is -1.87.